The molecule has 1 aliphatic rings. The van der Waals surface area contributed by atoms with E-state index in [9.17, 15) is 0 Å². The Morgan fingerprint density at radius 2 is 1.72 bits per heavy atom. The van der Waals surface area contributed by atoms with Crippen LogP contribution in [0.4, 0.5) is 0 Å². The summed E-state index contributed by atoms with van der Waals surface area (Å²) in [6, 6.07) is 10.9. The van der Waals surface area contributed by atoms with Crippen LogP contribution in [0.5, 0.6) is 0 Å². The molecular formula is C18H24. The van der Waals surface area contributed by atoms with Gasteiger partial charge in [0.15, 0.2) is 0 Å². The zero-order valence-electron chi connectivity index (χ0n) is 11.7. The molecule has 0 aliphatic heterocycles. The van der Waals surface area contributed by atoms with Gasteiger partial charge in [-0.1, -0.05) is 74.2 Å². The van der Waals surface area contributed by atoms with Crippen LogP contribution >= 0.6 is 0 Å². The van der Waals surface area contributed by atoms with Crippen molar-refractivity contribution in [1.82, 2.24) is 0 Å². The molecule has 0 spiro atoms. The third-order valence-corrected chi connectivity index (χ3v) is 3.66. The molecular weight excluding hydrogens is 216 g/mol. The van der Waals surface area contributed by atoms with Crippen LogP contribution in [-0.4, -0.2) is 0 Å². The van der Waals surface area contributed by atoms with Crippen molar-refractivity contribution in [3.8, 4) is 0 Å². The monoisotopic (exact) mass is 240 g/mol. The molecule has 0 nitrogen and oxygen atoms in total. The van der Waals surface area contributed by atoms with Gasteiger partial charge in [0.1, 0.15) is 0 Å². The van der Waals surface area contributed by atoms with Crippen LogP contribution in [0.3, 0.4) is 0 Å². The molecule has 1 aromatic carbocycles. The zero-order chi connectivity index (χ0) is 12.8. The molecule has 0 heterocycles. The van der Waals surface area contributed by atoms with E-state index in [1.165, 1.54) is 49.7 Å². The quantitative estimate of drug-likeness (QED) is 0.593. The molecule has 0 atom stereocenters. The first kappa shape index (κ1) is 13.1. The van der Waals surface area contributed by atoms with E-state index in [1.54, 1.807) is 11.1 Å². The van der Waals surface area contributed by atoms with Gasteiger partial charge in [-0.3, -0.25) is 0 Å². The molecule has 2 rings (SSSR count). The second-order valence-electron chi connectivity index (χ2n) is 5.22. The smallest absolute Gasteiger partial charge is 0.00959 e. The van der Waals surface area contributed by atoms with Gasteiger partial charge >= 0.3 is 0 Å². The van der Waals surface area contributed by atoms with E-state index in [2.05, 4.69) is 50.3 Å². The predicted octanol–water partition coefficient (Wildman–Crippen LogP) is 5.76. The van der Waals surface area contributed by atoms with Crippen molar-refractivity contribution in [2.45, 2.75) is 52.4 Å². The molecule has 1 aromatic rings. The number of unbranched alkanes of at least 4 members (excludes halogenated alkanes) is 1. The van der Waals surface area contributed by atoms with Gasteiger partial charge in [-0.05, 0) is 36.8 Å². The minimum atomic E-state index is 1.22. The van der Waals surface area contributed by atoms with Crippen LogP contribution in [0.25, 0.3) is 5.57 Å². The number of hydrogen-bond acceptors (Lipinski definition) is 0. The summed E-state index contributed by atoms with van der Waals surface area (Å²) in [5.41, 5.74) is 6.19. The zero-order valence-corrected chi connectivity index (χ0v) is 11.7. The first-order valence-corrected chi connectivity index (χ1v) is 7.32. The van der Waals surface area contributed by atoms with Crippen LogP contribution < -0.4 is 0 Å². The molecule has 0 unspecified atom stereocenters. The standard InChI is InChI=1S/C18H24/c1-3-5-10-17-13-15(9-4-2)14-18(17)16-11-7-6-8-12-16/h6-8,11-12,14H,3-5,9-10,13H2,1-2H3. The van der Waals surface area contributed by atoms with Gasteiger partial charge in [0.2, 0.25) is 0 Å². The number of allylic oxidation sites excluding steroid dienone is 4. The van der Waals surface area contributed by atoms with Crippen molar-refractivity contribution in [1.29, 1.82) is 0 Å². The molecule has 0 bridgehead atoms. The Morgan fingerprint density at radius 3 is 2.39 bits per heavy atom. The van der Waals surface area contributed by atoms with Gasteiger partial charge in [0, 0.05) is 0 Å². The number of hydrogen-bond donors (Lipinski definition) is 0. The fraction of sp³-hybridized carbons (Fsp3) is 0.444. The van der Waals surface area contributed by atoms with Crippen molar-refractivity contribution >= 4 is 5.57 Å². The molecule has 0 saturated carbocycles. The number of rotatable bonds is 6. The van der Waals surface area contributed by atoms with Crippen molar-refractivity contribution < 1.29 is 0 Å². The minimum Gasteiger partial charge on any atom is -0.0655 e. The highest BCUT2D eigenvalue weighted by Crippen LogP contribution is 2.36. The van der Waals surface area contributed by atoms with Crippen molar-refractivity contribution in [3.63, 3.8) is 0 Å². The summed E-state index contributed by atoms with van der Waals surface area (Å²) in [5.74, 6) is 0. The predicted molar refractivity (Wildman–Crippen MR) is 80.5 cm³/mol. The summed E-state index contributed by atoms with van der Waals surface area (Å²) in [7, 11) is 0. The van der Waals surface area contributed by atoms with E-state index in [-0.39, 0.29) is 0 Å². The lowest BCUT2D eigenvalue weighted by Gasteiger charge is -2.07. The van der Waals surface area contributed by atoms with Gasteiger partial charge in [0.05, 0.1) is 0 Å². The maximum atomic E-state index is 2.45. The van der Waals surface area contributed by atoms with E-state index >= 15 is 0 Å². The highest BCUT2D eigenvalue weighted by Gasteiger charge is 2.15. The lowest BCUT2D eigenvalue weighted by atomic mass is 9.98. The fourth-order valence-electron chi connectivity index (χ4n) is 2.73. The van der Waals surface area contributed by atoms with Gasteiger partial charge < -0.3 is 0 Å². The molecule has 96 valence electrons. The second kappa shape index (κ2) is 6.58. The molecule has 0 N–H and O–H groups in total. The molecule has 18 heavy (non-hydrogen) atoms. The van der Waals surface area contributed by atoms with Crippen molar-refractivity contribution in [2.24, 2.45) is 0 Å². The first-order valence-electron chi connectivity index (χ1n) is 7.32. The largest absolute Gasteiger partial charge is 0.0655 e. The molecule has 0 heteroatoms. The van der Waals surface area contributed by atoms with Crippen LogP contribution in [0.2, 0.25) is 0 Å². The van der Waals surface area contributed by atoms with Crippen molar-refractivity contribution in [2.75, 3.05) is 0 Å². The van der Waals surface area contributed by atoms with E-state index < -0.39 is 0 Å². The summed E-state index contributed by atoms with van der Waals surface area (Å²) in [6.07, 6.45) is 10.1. The molecule has 0 amide bonds. The first-order chi connectivity index (χ1) is 8.85. The summed E-state index contributed by atoms with van der Waals surface area (Å²) >= 11 is 0. The van der Waals surface area contributed by atoms with Gasteiger partial charge in [-0.2, -0.15) is 0 Å². The minimum absolute atomic E-state index is 1.22. The van der Waals surface area contributed by atoms with Crippen molar-refractivity contribution in [3.05, 3.63) is 53.1 Å². The Balaban J connectivity index is 2.22. The summed E-state index contributed by atoms with van der Waals surface area (Å²) in [5, 5.41) is 0. The lowest BCUT2D eigenvalue weighted by molar-refractivity contribution is 0.766. The lowest BCUT2D eigenvalue weighted by Crippen LogP contribution is -1.87. The SMILES string of the molecule is CCCCC1=C(c2ccccc2)C=C(CCC)C1. The van der Waals surface area contributed by atoms with Crippen LogP contribution in [-0.2, 0) is 0 Å². The Morgan fingerprint density at radius 1 is 0.944 bits per heavy atom. The topological polar surface area (TPSA) is 0 Å². The maximum Gasteiger partial charge on any atom is -0.00959 e. The van der Waals surface area contributed by atoms with E-state index in [4.69, 9.17) is 0 Å². The second-order valence-corrected chi connectivity index (χ2v) is 5.22. The van der Waals surface area contributed by atoms with E-state index in [1.807, 2.05) is 0 Å². The fourth-order valence-corrected chi connectivity index (χ4v) is 2.73. The van der Waals surface area contributed by atoms with Gasteiger partial charge in [0.25, 0.3) is 0 Å². The molecule has 0 radical (unpaired) electrons. The maximum absolute atomic E-state index is 2.45. The van der Waals surface area contributed by atoms with Crippen LogP contribution in [0.1, 0.15) is 57.9 Å². The van der Waals surface area contributed by atoms with E-state index in [0.29, 0.717) is 0 Å². The highest BCUT2D eigenvalue weighted by molar-refractivity contribution is 5.80. The van der Waals surface area contributed by atoms with Gasteiger partial charge in [-0.25, -0.2) is 0 Å². The van der Waals surface area contributed by atoms with Crippen LogP contribution in [0, 0.1) is 0 Å². The highest BCUT2D eigenvalue weighted by atomic mass is 14.2. The van der Waals surface area contributed by atoms with E-state index in [0.717, 1.165) is 0 Å². The van der Waals surface area contributed by atoms with Crippen LogP contribution in [0.15, 0.2) is 47.6 Å². The average molecular weight is 240 g/mol. The third kappa shape index (κ3) is 3.13. The molecule has 0 aromatic heterocycles. The summed E-state index contributed by atoms with van der Waals surface area (Å²) in [4.78, 5) is 0. The Labute approximate surface area is 111 Å². The average Bonchev–Trinajstić information content (AvgIpc) is 2.81. The Kier molecular flexibility index (Phi) is 4.81. The Bertz CT molecular complexity index is 434. The number of benzene rings is 1. The third-order valence-electron chi connectivity index (χ3n) is 3.66. The van der Waals surface area contributed by atoms with Gasteiger partial charge in [-0.15, -0.1) is 0 Å². The Hall–Kier alpha value is -1.30. The molecule has 1 aliphatic carbocycles. The summed E-state index contributed by atoms with van der Waals surface area (Å²) in [6.45, 7) is 4.55. The molecule has 0 fully saturated rings. The summed E-state index contributed by atoms with van der Waals surface area (Å²) < 4.78 is 0. The molecule has 0 saturated heterocycles. The normalized spacial score (nSPS) is 15.1.